The van der Waals surface area contributed by atoms with Crippen molar-refractivity contribution in [3.63, 3.8) is 0 Å². The molecule has 12 fully saturated rings. The summed E-state index contributed by atoms with van der Waals surface area (Å²) in [6.45, 7) is 18.2. The van der Waals surface area contributed by atoms with E-state index in [1.54, 1.807) is 39.0 Å². The van der Waals surface area contributed by atoms with E-state index < -0.39 is 106 Å². The van der Waals surface area contributed by atoms with Gasteiger partial charge in [0.05, 0.1) is 6.54 Å². The third-order valence-electron chi connectivity index (χ3n) is 31.8. The number of hydrogen-bond acceptors (Lipinski definition) is 27. The van der Waals surface area contributed by atoms with Crippen LogP contribution in [0.3, 0.4) is 0 Å². The lowest BCUT2D eigenvalue weighted by atomic mass is 9.65. The molecular formula is C85H155B6N15O23S. The lowest BCUT2D eigenvalue weighted by Crippen LogP contribution is -2.53. The number of primary amides is 1. The van der Waals surface area contributed by atoms with Gasteiger partial charge in [-0.05, 0) is 268 Å². The molecule has 24 atom stereocenters. The molecule has 6 saturated heterocycles. The summed E-state index contributed by atoms with van der Waals surface area (Å²) in [5, 5.41) is 131. The number of fused-ring (bicyclic) bond motifs is 6. The van der Waals surface area contributed by atoms with Gasteiger partial charge >= 0.3 is 49.0 Å². The summed E-state index contributed by atoms with van der Waals surface area (Å²) in [6, 6.07) is 8.07. The van der Waals surface area contributed by atoms with Gasteiger partial charge in [-0.15, -0.1) is 0 Å². The number of amides is 3. The first-order chi connectivity index (χ1) is 60.5. The van der Waals surface area contributed by atoms with Crippen LogP contribution in [-0.4, -0.2) is 332 Å². The number of rotatable bonds is 35. The van der Waals surface area contributed by atoms with Gasteiger partial charge in [0.25, 0.3) is 44.8 Å². The first-order valence-corrected chi connectivity index (χ1v) is 48.9. The highest BCUT2D eigenvalue weighted by atomic mass is 32.2. The van der Waals surface area contributed by atoms with Crippen LogP contribution in [0.5, 0.6) is 0 Å². The minimum absolute atomic E-state index is 0.0359. The maximum atomic E-state index is 12.3. The van der Waals surface area contributed by atoms with Crippen molar-refractivity contribution in [1.29, 1.82) is 0 Å². The fraction of sp³-hybridized carbons (Fsp3) is 0.835. The van der Waals surface area contributed by atoms with Gasteiger partial charge in [0.2, 0.25) is 5.91 Å². The van der Waals surface area contributed by atoms with Crippen molar-refractivity contribution in [2.75, 3.05) is 106 Å². The number of carbonyl (C=O) groups excluding carboxylic acids is 2. The van der Waals surface area contributed by atoms with E-state index in [1.165, 1.54) is 15.4 Å². The van der Waals surface area contributed by atoms with Crippen LogP contribution in [0.25, 0.3) is 0 Å². The highest BCUT2D eigenvalue weighted by molar-refractivity contribution is 7.86. The first-order valence-electron chi connectivity index (χ1n) is 47.4. The summed E-state index contributed by atoms with van der Waals surface area (Å²) in [4.78, 5) is 103. The van der Waals surface area contributed by atoms with E-state index in [4.69, 9.17) is 55.3 Å². The van der Waals surface area contributed by atoms with Crippen molar-refractivity contribution in [3.05, 3.63) is 35.4 Å². The molecule has 6 saturated carbocycles. The van der Waals surface area contributed by atoms with Gasteiger partial charge in [0.1, 0.15) is 33.2 Å². The molecule has 130 heavy (non-hydrogen) atoms. The van der Waals surface area contributed by atoms with Crippen LogP contribution in [0.1, 0.15) is 127 Å². The Kier molecular flexibility index (Phi) is 39.2. The van der Waals surface area contributed by atoms with E-state index >= 15 is 0 Å². The van der Waals surface area contributed by atoms with Crippen molar-refractivity contribution in [1.82, 2.24) is 34.1 Å². The number of nitrogens with one attached hydrogen (secondary N) is 1. The molecule has 6 heterocycles. The van der Waals surface area contributed by atoms with Gasteiger partial charge in [-0.3, -0.25) is 38.5 Å². The molecular weight excluding hydrogens is 1700 g/mol. The number of nitrogens with zero attached hydrogens (tertiary/aromatic N) is 6. The Morgan fingerprint density at radius 3 is 1.07 bits per heavy atom. The van der Waals surface area contributed by atoms with Crippen LogP contribution in [0, 0.1) is 113 Å². The second-order valence-corrected chi connectivity index (χ2v) is 43.5. The molecule has 13 rings (SSSR count). The van der Waals surface area contributed by atoms with Crippen LogP contribution < -0.4 is 50.6 Å². The van der Waals surface area contributed by atoms with Crippen molar-refractivity contribution in [2.45, 2.75) is 234 Å². The number of aryl methyl sites for hydroxylation is 1. The van der Waals surface area contributed by atoms with Gasteiger partial charge in [-0.1, -0.05) is 102 Å². The van der Waals surface area contributed by atoms with E-state index in [0.717, 1.165) is 97.0 Å². The summed E-state index contributed by atoms with van der Waals surface area (Å²) in [5.74, 6) is -3.65. The number of likely N-dealkylation sites (N-methyl/N-ethyl adjacent to an activating group) is 1. The van der Waals surface area contributed by atoms with E-state index in [-0.39, 0.29) is 129 Å². The number of nitrogens with two attached hydrogens (primary N) is 8. The van der Waals surface area contributed by atoms with Crippen molar-refractivity contribution in [3.8, 4) is 0 Å². The summed E-state index contributed by atoms with van der Waals surface area (Å²) in [5.41, 5.74) is 38.1. The molecule has 732 valence electrons. The van der Waals surface area contributed by atoms with Crippen LogP contribution in [-0.2, 0) is 50.3 Å². The standard InChI is InChI=1S/C19H29BN2O4.C16H30BN3O4.C13H24BN3O4.C13H25BN2O3.C12H24BN3O5S.C12H23BN2O3/c1-13-4-6-14(7-5-13)10-22-11-15-9-19(21,18(23)24)17(16(15)12-22)3-2-8-20(25)26;1-17(24)6-4-5-13-12-9-20(14(21)10-19(2)3)8-11(12)7-16(13,18)15(22)23;1-14(21)4-2-3-10-9-7-17(12(15)20)6-8(9)5-13(10,16)11(18)19;1-14(19)5-3-4-11-10-8-16(2)7-9(10)6-13(11,15)12(17)18;1-13(19)4-2-3-10-9-7-16(22(15,20)21)6-8(9)5-12(10,14)11(17)18;1-13(18)4-2-3-10-9-7-15-6-8(9)5-12(10,14)11(16)17/h4-7,15-17,25-26H,2-3,8-12,21H2,1H3,(H,23,24);11-13,24H,4-10,18H2,1-3H3,(H,22,23);8-10,21H,2-7,16H2,1H3,(H2,15,20)(H,18,19);9-11,19H,3-8,15H2,1-2H3,(H,17,18);8-10,19H,2-7,14H2,1H3,(H,17,18)(H2,15,20,21);8-10,15,18H,2-7,14H2,1H3,(H,16,17). The van der Waals surface area contributed by atoms with Gasteiger partial charge in [0, 0.05) is 72.0 Å². The van der Waals surface area contributed by atoms with Gasteiger partial charge in [-0.2, -0.15) is 12.7 Å². The van der Waals surface area contributed by atoms with Crippen LogP contribution in [0.4, 0.5) is 4.79 Å². The van der Waals surface area contributed by atoms with Crippen molar-refractivity contribution < 1.29 is 113 Å². The number of carboxylic acids is 6. The first kappa shape index (κ1) is 110. The number of benzene rings is 1. The predicted octanol–water partition coefficient (Wildman–Crippen LogP) is 0.0368. The summed E-state index contributed by atoms with van der Waals surface area (Å²) < 4.78 is 24.2. The van der Waals surface area contributed by atoms with Gasteiger partial charge in [-0.25, -0.2) is 9.93 Å². The maximum Gasteiger partial charge on any atom is 0.451 e. The van der Waals surface area contributed by atoms with Gasteiger partial charge < -0.3 is 131 Å². The van der Waals surface area contributed by atoms with Crippen LogP contribution in [0.2, 0.25) is 72.0 Å². The largest absolute Gasteiger partial charge is 0.480 e. The zero-order valence-electron chi connectivity index (χ0n) is 78.1. The Bertz CT molecular complexity index is 4060. The Balaban J connectivity index is 0.000000193. The van der Waals surface area contributed by atoms with Gasteiger partial charge in [0.15, 0.2) is 0 Å². The number of hydrogen-bond donors (Lipinski definition) is 22. The third kappa shape index (κ3) is 27.0. The van der Waals surface area contributed by atoms with Crippen LogP contribution >= 0.6 is 0 Å². The maximum absolute atomic E-state index is 12.3. The number of urea groups is 1. The molecule has 12 aliphatic rings. The SMILES string of the molecule is CB(O)CCCC1C2CN(C(=O)CN(C)C)CC2CC1(N)C(=O)O.CB(O)CCCC1C2CN(C(N)=O)CC2CC1(N)C(=O)O.CB(O)CCCC1C2CN(C)CC2CC1(N)C(=O)O.CB(O)CCCC1C2CN(S(N)(=O)=O)CC2CC1(N)C(=O)O.CB(O)CCCC1C2CNCC2CC1(N)C(=O)O.Cc1ccc(CN2CC3CC(N)(C(=O)O)C(CCCB(O)O)C3C2)cc1. The molecule has 0 spiro atoms. The number of likely N-dealkylation sites (tertiary alicyclic amines) is 4. The van der Waals surface area contributed by atoms with Crippen LogP contribution in [0.15, 0.2) is 24.3 Å². The zero-order valence-corrected chi connectivity index (χ0v) is 79.0. The minimum atomic E-state index is -3.75. The molecule has 45 heteroatoms. The minimum Gasteiger partial charge on any atom is -0.480 e. The average Bonchev–Trinajstić information content (AvgIpc) is 1.57. The monoisotopic (exact) mass is 1850 g/mol. The Morgan fingerprint density at radius 1 is 0.415 bits per heavy atom. The van der Waals surface area contributed by atoms with Crippen molar-refractivity contribution >= 4 is 99.7 Å². The molecule has 38 nitrogen and oxygen atoms in total. The smallest absolute Gasteiger partial charge is 0.451 e. The molecule has 3 amide bonds. The summed E-state index contributed by atoms with van der Waals surface area (Å²) in [6.07, 6.45) is 14.9. The van der Waals surface area contributed by atoms with E-state index in [2.05, 4.69) is 53.4 Å². The van der Waals surface area contributed by atoms with E-state index in [1.807, 2.05) is 23.9 Å². The molecule has 1 aromatic rings. The van der Waals surface area contributed by atoms with Crippen molar-refractivity contribution in [2.24, 2.45) is 152 Å². The highest BCUT2D eigenvalue weighted by Crippen LogP contribution is 2.55. The average molecular weight is 1850 g/mol. The molecule has 0 radical (unpaired) electrons. The second kappa shape index (κ2) is 46.5. The molecule has 30 N–H and O–H groups in total. The fourth-order valence-electron chi connectivity index (χ4n) is 25.4. The fourth-order valence-corrected chi connectivity index (χ4v) is 26.2. The Hall–Kier alpha value is -5.64. The van der Waals surface area contributed by atoms with E-state index in [0.29, 0.717) is 152 Å². The number of carboxylic acid groups (broad SMARTS) is 6. The molecule has 6 aliphatic heterocycles. The lowest BCUT2D eigenvalue weighted by Gasteiger charge is -2.31. The number of carbonyl (C=O) groups is 8. The van der Waals surface area contributed by atoms with E-state index in [9.17, 15) is 103 Å². The normalized spacial score (nSPS) is 34.8. The lowest BCUT2D eigenvalue weighted by molar-refractivity contribution is -0.146. The predicted molar refractivity (Wildman–Crippen MR) is 499 cm³/mol. The molecule has 1 aromatic carbocycles. The Labute approximate surface area is 770 Å². The highest BCUT2D eigenvalue weighted by Gasteiger charge is 2.64. The molecule has 6 aliphatic carbocycles. The summed E-state index contributed by atoms with van der Waals surface area (Å²) in [7, 11) is 0.719. The molecule has 24 unspecified atom stereocenters. The summed E-state index contributed by atoms with van der Waals surface area (Å²) >= 11 is 0. The molecule has 0 aromatic heterocycles. The quantitative estimate of drug-likeness (QED) is 0.0399. The molecule has 0 bridgehead atoms. The Morgan fingerprint density at radius 2 is 0.723 bits per heavy atom. The topological polar surface area (TPSA) is 673 Å². The zero-order chi connectivity index (χ0) is 97.0. The number of aliphatic carboxylic acids is 6. The second-order valence-electron chi connectivity index (χ2n) is 42.0. The third-order valence-corrected chi connectivity index (χ3v) is 32.8.